The summed E-state index contributed by atoms with van der Waals surface area (Å²) in [6.45, 7) is 5.40. The molecule has 0 unspecified atom stereocenters. The number of aromatic nitrogens is 2. The monoisotopic (exact) mass is 374 g/mol. The number of aryl methyl sites for hydroxylation is 2. The first-order valence-corrected chi connectivity index (χ1v) is 10.0. The first-order chi connectivity index (χ1) is 12.4. The Morgan fingerprint density at radius 1 is 1.00 bits per heavy atom. The Balaban J connectivity index is 1.71. The van der Waals surface area contributed by atoms with Crippen molar-refractivity contribution in [2.75, 3.05) is 17.8 Å². The fourth-order valence-electron chi connectivity index (χ4n) is 2.72. The Hall–Kier alpha value is -2.55. The molecular weight excluding hydrogens is 352 g/mol. The Kier molecular flexibility index (Phi) is 5.46. The predicted octanol–water partition coefficient (Wildman–Crippen LogP) is 3.38. The van der Waals surface area contributed by atoms with Crippen molar-refractivity contribution in [3.8, 4) is 0 Å². The number of nitrogens with one attached hydrogen (secondary N) is 1. The molecule has 1 aromatic heterocycles. The normalized spacial score (nSPS) is 15.4. The van der Waals surface area contributed by atoms with Gasteiger partial charge in [-0.05, 0) is 63.4 Å². The number of sulfonamides is 1. The van der Waals surface area contributed by atoms with Gasteiger partial charge in [-0.1, -0.05) is 5.22 Å². The minimum atomic E-state index is -3.76. The molecule has 9 heteroatoms. The van der Waals surface area contributed by atoms with Crippen LogP contribution in [0.4, 0.5) is 11.6 Å². The lowest BCUT2D eigenvalue weighted by Crippen LogP contribution is -2.23. The van der Waals surface area contributed by atoms with Crippen molar-refractivity contribution in [3.63, 3.8) is 0 Å². The van der Waals surface area contributed by atoms with E-state index in [2.05, 4.69) is 25.0 Å². The lowest BCUT2D eigenvalue weighted by molar-refractivity contribution is 0.224. The minimum Gasteiger partial charge on any atom is -0.278 e. The highest BCUT2D eigenvalue weighted by Gasteiger charge is 2.16. The van der Waals surface area contributed by atoms with E-state index < -0.39 is 10.0 Å². The molecule has 2 heterocycles. The largest absolute Gasteiger partial charge is 0.278 e. The molecule has 138 valence electrons. The number of hydrogen-bond donors (Lipinski definition) is 1. The minimum absolute atomic E-state index is 0.0661. The quantitative estimate of drug-likeness (QED) is 0.809. The Labute approximate surface area is 153 Å². The van der Waals surface area contributed by atoms with Crippen LogP contribution in [0.1, 0.15) is 30.7 Å². The molecule has 1 fully saturated rings. The van der Waals surface area contributed by atoms with Gasteiger partial charge >= 0.3 is 0 Å². The topological polar surface area (TPSA) is 99.9 Å². The van der Waals surface area contributed by atoms with E-state index in [9.17, 15) is 8.42 Å². The van der Waals surface area contributed by atoms with Crippen LogP contribution < -0.4 is 4.72 Å². The summed E-state index contributed by atoms with van der Waals surface area (Å²) in [5.41, 5.74) is 2.00. The van der Waals surface area contributed by atoms with Crippen molar-refractivity contribution in [2.24, 2.45) is 10.3 Å². The Morgan fingerprint density at radius 3 is 2.23 bits per heavy atom. The highest BCUT2D eigenvalue weighted by atomic mass is 32.2. The molecule has 0 aliphatic carbocycles. The molecule has 0 amide bonds. The number of anilines is 1. The van der Waals surface area contributed by atoms with Gasteiger partial charge in [-0.25, -0.2) is 23.1 Å². The summed E-state index contributed by atoms with van der Waals surface area (Å²) < 4.78 is 27.4. The van der Waals surface area contributed by atoms with Crippen molar-refractivity contribution in [3.05, 3.63) is 41.7 Å². The molecule has 1 aliphatic rings. The second-order valence-electron chi connectivity index (χ2n) is 6.28. The van der Waals surface area contributed by atoms with Gasteiger partial charge in [0, 0.05) is 24.5 Å². The second kappa shape index (κ2) is 7.77. The molecule has 26 heavy (non-hydrogen) atoms. The van der Waals surface area contributed by atoms with Crippen molar-refractivity contribution in [1.82, 2.24) is 15.0 Å². The van der Waals surface area contributed by atoms with Crippen molar-refractivity contribution in [1.29, 1.82) is 0 Å². The number of hydrogen-bond acceptors (Lipinski definition) is 6. The zero-order chi connectivity index (χ0) is 18.6. The molecule has 0 atom stereocenters. The van der Waals surface area contributed by atoms with Gasteiger partial charge in [-0.2, -0.15) is 0 Å². The first-order valence-electron chi connectivity index (χ1n) is 8.54. The van der Waals surface area contributed by atoms with Crippen LogP contribution in [0, 0.1) is 13.8 Å². The molecule has 0 radical (unpaired) electrons. The van der Waals surface area contributed by atoms with E-state index in [1.54, 1.807) is 32.0 Å². The SMILES string of the molecule is Cc1cc(C)nc(NS(=O)(=O)c2ccc(N=NN3CCCCC3)cc2)n1. The average Bonchev–Trinajstić information content (AvgIpc) is 2.60. The summed E-state index contributed by atoms with van der Waals surface area (Å²) >= 11 is 0. The maximum absolute atomic E-state index is 12.5. The zero-order valence-corrected chi connectivity index (χ0v) is 15.7. The van der Waals surface area contributed by atoms with Crippen molar-refractivity contribution in [2.45, 2.75) is 38.0 Å². The predicted molar refractivity (Wildman–Crippen MR) is 98.7 cm³/mol. The van der Waals surface area contributed by atoms with Gasteiger partial charge in [0.25, 0.3) is 10.0 Å². The maximum atomic E-state index is 12.5. The van der Waals surface area contributed by atoms with E-state index in [1.165, 1.54) is 18.6 Å². The van der Waals surface area contributed by atoms with Crippen molar-refractivity contribution >= 4 is 21.7 Å². The molecule has 1 saturated heterocycles. The standard InChI is InChI=1S/C17H22N6O2S/c1-13-12-14(2)19-17(18-13)21-26(24,25)16-8-6-15(7-9-16)20-22-23-10-4-3-5-11-23/h6-9,12H,3-5,10-11H2,1-2H3,(H,18,19,21). The highest BCUT2D eigenvalue weighted by molar-refractivity contribution is 7.92. The lowest BCUT2D eigenvalue weighted by Gasteiger charge is -2.21. The third-order valence-corrected chi connectivity index (χ3v) is 5.32. The van der Waals surface area contributed by atoms with E-state index >= 15 is 0 Å². The molecule has 0 saturated carbocycles. The molecule has 0 bridgehead atoms. The smallest absolute Gasteiger partial charge is 0.264 e. The van der Waals surface area contributed by atoms with Crippen LogP contribution in [0.3, 0.4) is 0 Å². The average molecular weight is 374 g/mol. The molecule has 8 nitrogen and oxygen atoms in total. The van der Waals surface area contributed by atoms with Crippen LogP contribution in [0.25, 0.3) is 0 Å². The summed E-state index contributed by atoms with van der Waals surface area (Å²) in [7, 11) is -3.76. The van der Waals surface area contributed by atoms with Gasteiger partial charge in [-0.3, -0.25) is 5.01 Å². The zero-order valence-electron chi connectivity index (χ0n) is 14.9. The molecule has 0 spiro atoms. The van der Waals surface area contributed by atoms with Crippen LogP contribution in [-0.4, -0.2) is 36.5 Å². The molecule has 1 N–H and O–H groups in total. The number of benzene rings is 1. The maximum Gasteiger partial charge on any atom is 0.264 e. The third kappa shape index (κ3) is 4.75. The van der Waals surface area contributed by atoms with Gasteiger partial charge in [0.05, 0.1) is 10.6 Å². The van der Waals surface area contributed by atoms with Gasteiger partial charge in [-0.15, -0.1) is 5.11 Å². The van der Waals surface area contributed by atoms with Gasteiger partial charge in [0.2, 0.25) is 5.95 Å². The molecule has 3 rings (SSSR count). The summed E-state index contributed by atoms with van der Waals surface area (Å²) in [5, 5.41) is 10.3. The second-order valence-corrected chi connectivity index (χ2v) is 7.96. The van der Waals surface area contributed by atoms with E-state index in [0.717, 1.165) is 25.9 Å². The van der Waals surface area contributed by atoms with E-state index in [4.69, 9.17) is 0 Å². The van der Waals surface area contributed by atoms with Gasteiger partial charge in [0.1, 0.15) is 0 Å². The summed E-state index contributed by atoms with van der Waals surface area (Å²) in [5.74, 6) is 0.0661. The Bertz CT molecular complexity index is 870. The third-order valence-electron chi connectivity index (χ3n) is 3.97. The first kappa shape index (κ1) is 18.2. The fraction of sp³-hybridized carbons (Fsp3) is 0.412. The fourth-order valence-corrected chi connectivity index (χ4v) is 3.67. The van der Waals surface area contributed by atoms with Crippen LogP contribution in [0.15, 0.2) is 45.6 Å². The van der Waals surface area contributed by atoms with Crippen LogP contribution >= 0.6 is 0 Å². The van der Waals surface area contributed by atoms with Crippen LogP contribution in [-0.2, 0) is 10.0 Å². The highest BCUT2D eigenvalue weighted by Crippen LogP contribution is 2.20. The summed E-state index contributed by atoms with van der Waals surface area (Å²) in [4.78, 5) is 8.33. The van der Waals surface area contributed by atoms with E-state index in [1.807, 2.05) is 5.01 Å². The molecule has 2 aromatic rings. The molecular formula is C17H22N6O2S. The van der Waals surface area contributed by atoms with E-state index in [-0.39, 0.29) is 10.8 Å². The van der Waals surface area contributed by atoms with E-state index in [0.29, 0.717) is 17.1 Å². The number of rotatable bonds is 5. The lowest BCUT2D eigenvalue weighted by atomic mass is 10.2. The van der Waals surface area contributed by atoms with Crippen LogP contribution in [0.5, 0.6) is 0 Å². The number of nitrogens with zero attached hydrogens (tertiary/aromatic N) is 5. The van der Waals surface area contributed by atoms with Gasteiger partial charge in [0.15, 0.2) is 0 Å². The summed E-state index contributed by atoms with van der Waals surface area (Å²) in [6.07, 6.45) is 3.49. The summed E-state index contributed by atoms with van der Waals surface area (Å²) in [6, 6.07) is 8.03. The number of piperidine rings is 1. The van der Waals surface area contributed by atoms with Gasteiger partial charge < -0.3 is 0 Å². The van der Waals surface area contributed by atoms with Crippen molar-refractivity contribution < 1.29 is 8.42 Å². The molecule has 1 aliphatic heterocycles. The molecule has 1 aromatic carbocycles. The Morgan fingerprint density at radius 2 is 1.62 bits per heavy atom. The van der Waals surface area contributed by atoms with Crippen LogP contribution in [0.2, 0.25) is 0 Å².